The molecule has 0 aliphatic carbocycles. The van der Waals surface area contributed by atoms with Crippen molar-refractivity contribution in [3.05, 3.63) is 28.2 Å². The third kappa shape index (κ3) is 3.87. The number of hydrogen-bond donors (Lipinski definition) is 3. The Kier molecular flexibility index (Phi) is 5.84. The minimum Gasteiger partial charge on any atom is -0.409 e. The van der Waals surface area contributed by atoms with Crippen molar-refractivity contribution in [2.24, 2.45) is 10.9 Å². The summed E-state index contributed by atoms with van der Waals surface area (Å²) in [6.07, 6.45) is 1.97. The minimum absolute atomic E-state index is 0.0551. The molecule has 0 aromatic heterocycles. The maximum atomic E-state index is 8.95. The number of halogens is 1. The third-order valence-corrected chi connectivity index (χ3v) is 4.24. The molecular weight excluding hydrogens is 338 g/mol. The summed E-state index contributed by atoms with van der Waals surface area (Å²) in [6, 6.07) is 5.77. The first-order valence-electron chi connectivity index (χ1n) is 6.91. The lowest BCUT2D eigenvalue weighted by atomic mass is 10.0. The van der Waals surface area contributed by atoms with Gasteiger partial charge < -0.3 is 25.7 Å². The van der Waals surface area contributed by atoms with E-state index >= 15 is 0 Å². The van der Waals surface area contributed by atoms with Crippen molar-refractivity contribution in [3.63, 3.8) is 0 Å². The van der Waals surface area contributed by atoms with Crippen molar-refractivity contribution in [1.82, 2.24) is 0 Å². The summed E-state index contributed by atoms with van der Waals surface area (Å²) in [7, 11) is 0. The highest BCUT2D eigenvalue weighted by Gasteiger charge is 2.23. The van der Waals surface area contributed by atoms with Crippen LogP contribution in [0, 0.1) is 0 Å². The van der Waals surface area contributed by atoms with E-state index in [9.17, 15) is 0 Å². The van der Waals surface area contributed by atoms with Gasteiger partial charge in [0.15, 0.2) is 5.84 Å². The van der Waals surface area contributed by atoms with Crippen molar-refractivity contribution in [1.29, 1.82) is 0 Å². The predicted molar refractivity (Wildman–Crippen MR) is 84.9 cm³/mol. The summed E-state index contributed by atoms with van der Waals surface area (Å²) in [5.41, 5.74) is 7.43. The number of amidine groups is 1. The zero-order valence-electron chi connectivity index (χ0n) is 11.7. The fraction of sp³-hybridized carbons (Fsp3) is 0.500. The van der Waals surface area contributed by atoms with Gasteiger partial charge in [-0.1, -0.05) is 11.2 Å². The second kappa shape index (κ2) is 7.63. The monoisotopic (exact) mass is 357 g/mol. The van der Waals surface area contributed by atoms with Crippen molar-refractivity contribution in [3.8, 4) is 0 Å². The normalized spacial score (nSPS) is 17.2. The van der Waals surface area contributed by atoms with Crippen LogP contribution < -0.4 is 10.6 Å². The fourth-order valence-corrected chi connectivity index (χ4v) is 3.12. The molecule has 0 saturated carbocycles. The number of ether oxygens (including phenoxy) is 1. The van der Waals surface area contributed by atoms with Crippen molar-refractivity contribution in [2.45, 2.75) is 18.9 Å². The van der Waals surface area contributed by atoms with Gasteiger partial charge in [0, 0.05) is 23.2 Å². The minimum atomic E-state index is 0.0551. The number of anilines is 1. The van der Waals surface area contributed by atoms with Crippen molar-refractivity contribution < 1.29 is 15.1 Å². The van der Waals surface area contributed by atoms with Crippen LogP contribution in [0.2, 0.25) is 0 Å². The molecule has 1 fully saturated rings. The van der Waals surface area contributed by atoms with Crippen LogP contribution in [-0.4, -0.2) is 48.6 Å². The second-order valence-corrected chi connectivity index (χ2v) is 5.75. The van der Waals surface area contributed by atoms with Crippen LogP contribution in [0.1, 0.15) is 18.4 Å². The van der Waals surface area contributed by atoms with Crippen LogP contribution in [0.25, 0.3) is 0 Å². The van der Waals surface area contributed by atoms with Gasteiger partial charge in [0.1, 0.15) is 0 Å². The topological polar surface area (TPSA) is 91.3 Å². The molecule has 0 amide bonds. The zero-order valence-corrected chi connectivity index (χ0v) is 13.3. The molecule has 0 bridgehead atoms. The number of hydrogen-bond acceptors (Lipinski definition) is 5. The Bertz CT molecular complexity index is 502. The number of piperidine rings is 1. The SMILES string of the molecule is N/C(=N/O)c1c(Br)cccc1N1CCC(OCCO)CC1. The number of nitrogens with two attached hydrogens (primary N) is 1. The smallest absolute Gasteiger partial charge is 0.173 e. The highest BCUT2D eigenvalue weighted by molar-refractivity contribution is 9.10. The quantitative estimate of drug-likeness (QED) is 0.321. The average Bonchev–Trinajstić information content (AvgIpc) is 2.52. The molecule has 1 aromatic carbocycles. The van der Waals surface area contributed by atoms with Crippen molar-refractivity contribution >= 4 is 27.5 Å². The van der Waals surface area contributed by atoms with Crippen LogP contribution in [0.5, 0.6) is 0 Å². The molecule has 1 aliphatic rings. The Balaban J connectivity index is 2.12. The van der Waals surface area contributed by atoms with Crippen LogP contribution in [0.3, 0.4) is 0 Å². The van der Waals surface area contributed by atoms with E-state index in [1.165, 1.54) is 0 Å². The molecule has 0 spiro atoms. The number of aliphatic hydroxyl groups is 1. The molecule has 1 aromatic rings. The van der Waals surface area contributed by atoms with E-state index in [1.54, 1.807) is 0 Å². The maximum absolute atomic E-state index is 8.95. The van der Waals surface area contributed by atoms with E-state index < -0.39 is 0 Å². The van der Waals surface area contributed by atoms with Crippen LogP contribution in [0.15, 0.2) is 27.8 Å². The van der Waals surface area contributed by atoms with E-state index in [1.807, 2.05) is 18.2 Å². The van der Waals surface area contributed by atoms with Gasteiger partial charge in [-0.25, -0.2) is 0 Å². The molecule has 6 nitrogen and oxygen atoms in total. The Morgan fingerprint density at radius 1 is 1.43 bits per heavy atom. The van der Waals surface area contributed by atoms with Gasteiger partial charge in [0.05, 0.1) is 24.9 Å². The highest BCUT2D eigenvalue weighted by atomic mass is 79.9. The third-order valence-electron chi connectivity index (χ3n) is 3.58. The van der Waals surface area contributed by atoms with E-state index in [2.05, 4.69) is 26.0 Å². The van der Waals surface area contributed by atoms with Gasteiger partial charge in [-0.2, -0.15) is 0 Å². The summed E-state index contributed by atoms with van der Waals surface area (Å²) in [5, 5.41) is 20.9. The summed E-state index contributed by atoms with van der Waals surface area (Å²) in [4.78, 5) is 2.21. The molecule has 7 heteroatoms. The van der Waals surface area contributed by atoms with Gasteiger partial charge in [0.25, 0.3) is 0 Å². The molecule has 1 heterocycles. The van der Waals surface area contributed by atoms with E-state index in [4.69, 9.17) is 20.8 Å². The Morgan fingerprint density at radius 3 is 2.76 bits per heavy atom. The first kappa shape index (κ1) is 16.1. The van der Waals surface area contributed by atoms with Gasteiger partial charge in [-0.05, 0) is 40.9 Å². The van der Waals surface area contributed by atoms with Gasteiger partial charge in [-0.15, -0.1) is 0 Å². The van der Waals surface area contributed by atoms with E-state index in [0.717, 1.165) is 36.1 Å². The summed E-state index contributed by atoms with van der Waals surface area (Å²) in [6.45, 7) is 2.10. The molecule has 4 N–H and O–H groups in total. The molecule has 1 saturated heterocycles. The maximum Gasteiger partial charge on any atom is 0.173 e. The van der Waals surface area contributed by atoms with Gasteiger partial charge in [-0.3, -0.25) is 0 Å². The number of nitrogens with zero attached hydrogens (tertiary/aromatic N) is 2. The number of benzene rings is 1. The van der Waals surface area contributed by atoms with Gasteiger partial charge >= 0.3 is 0 Å². The first-order valence-corrected chi connectivity index (χ1v) is 7.70. The molecule has 0 radical (unpaired) electrons. The molecule has 1 aliphatic heterocycles. The number of aliphatic hydroxyl groups excluding tert-OH is 1. The molecular formula is C14H20BrN3O3. The van der Waals surface area contributed by atoms with Crippen LogP contribution in [-0.2, 0) is 4.74 Å². The Hall–Kier alpha value is -1.31. The van der Waals surface area contributed by atoms with Crippen molar-refractivity contribution in [2.75, 3.05) is 31.2 Å². The standard InChI is InChI=1S/C14H20BrN3O3/c15-11-2-1-3-12(13(11)14(16)17-20)18-6-4-10(5-7-18)21-9-8-19/h1-3,10,19-20H,4-9H2,(H2,16,17). The van der Waals surface area contributed by atoms with E-state index in [-0.39, 0.29) is 18.5 Å². The Morgan fingerprint density at radius 2 is 2.14 bits per heavy atom. The Labute approximate surface area is 132 Å². The largest absolute Gasteiger partial charge is 0.409 e. The van der Waals surface area contributed by atoms with E-state index in [0.29, 0.717) is 12.2 Å². The van der Waals surface area contributed by atoms with Crippen LogP contribution >= 0.6 is 15.9 Å². The molecule has 21 heavy (non-hydrogen) atoms. The summed E-state index contributed by atoms with van der Waals surface area (Å²) in [5.74, 6) is 0.0936. The first-order chi connectivity index (χ1) is 10.2. The van der Waals surface area contributed by atoms with Crippen LogP contribution in [0.4, 0.5) is 5.69 Å². The number of rotatable bonds is 5. The predicted octanol–water partition coefficient (Wildman–Crippen LogP) is 1.52. The lowest BCUT2D eigenvalue weighted by Crippen LogP contribution is -2.38. The summed E-state index contributed by atoms with van der Waals surface area (Å²) < 4.78 is 6.36. The average molecular weight is 358 g/mol. The zero-order chi connectivity index (χ0) is 15.2. The lowest BCUT2D eigenvalue weighted by molar-refractivity contribution is 0.0159. The molecule has 0 unspecified atom stereocenters. The lowest BCUT2D eigenvalue weighted by Gasteiger charge is -2.34. The fourth-order valence-electron chi connectivity index (χ4n) is 2.56. The number of oxime groups is 1. The second-order valence-electron chi connectivity index (χ2n) is 4.90. The molecule has 0 atom stereocenters. The molecule has 116 valence electrons. The highest BCUT2D eigenvalue weighted by Crippen LogP contribution is 2.30. The van der Waals surface area contributed by atoms with Gasteiger partial charge in [0.2, 0.25) is 0 Å². The molecule has 2 rings (SSSR count). The summed E-state index contributed by atoms with van der Waals surface area (Å²) >= 11 is 3.45.